The molecule has 6 nitrogen and oxygen atoms in total. The largest absolute Gasteiger partial charge is 0.495 e. The molecule has 3 aromatic rings. The van der Waals surface area contributed by atoms with Crippen molar-refractivity contribution in [2.24, 2.45) is 0 Å². The summed E-state index contributed by atoms with van der Waals surface area (Å²) in [5.74, 6) is -0.0662. The number of hydrogen-bond donors (Lipinski definition) is 1. The van der Waals surface area contributed by atoms with Crippen LogP contribution in [0.15, 0.2) is 72.8 Å². The monoisotopic (exact) mass is 433 g/mol. The lowest BCUT2D eigenvalue weighted by molar-refractivity contribution is 0.102. The first kappa shape index (κ1) is 21.4. The maximum atomic E-state index is 14.1. The number of hydrogen-bond acceptors (Lipinski definition) is 3. The molecular weight excluding hydrogens is 409 g/mol. The van der Waals surface area contributed by atoms with Crippen molar-refractivity contribution in [3.05, 3.63) is 89.7 Å². The zero-order chi connectivity index (χ0) is 22.5. The average molecular weight is 433 g/mol. The number of ether oxygens (including phenoxy) is 1. The molecule has 0 atom stereocenters. The Morgan fingerprint density at radius 1 is 1.03 bits per heavy atom. The van der Waals surface area contributed by atoms with Crippen molar-refractivity contribution in [3.63, 3.8) is 0 Å². The molecule has 7 heteroatoms. The van der Waals surface area contributed by atoms with E-state index in [1.165, 1.54) is 6.07 Å². The zero-order valence-corrected chi connectivity index (χ0v) is 17.8. The van der Waals surface area contributed by atoms with Gasteiger partial charge in [0.15, 0.2) is 0 Å². The van der Waals surface area contributed by atoms with Gasteiger partial charge in [-0.2, -0.15) is 0 Å². The van der Waals surface area contributed by atoms with Crippen molar-refractivity contribution >= 4 is 23.3 Å². The van der Waals surface area contributed by atoms with Gasteiger partial charge in [0.2, 0.25) is 0 Å². The second kappa shape index (κ2) is 9.51. The number of halogens is 1. The average Bonchev–Trinajstić information content (AvgIpc) is 2.82. The lowest BCUT2D eigenvalue weighted by atomic mass is 10.1. The van der Waals surface area contributed by atoms with Crippen LogP contribution in [-0.4, -0.2) is 37.0 Å². The number of para-hydroxylation sites is 2. The third-order valence-electron chi connectivity index (χ3n) is 5.41. The lowest BCUT2D eigenvalue weighted by Gasteiger charge is -2.36. The number of carbonyl (C=O) groups is 2. The van der Waals surface area contributed by atoms with E-state index in [9.17, 15) is 14.0 Å². The predicted molar refractivity (Wildman–Crippen MR) is 122 cm³/mol. The van der Waals surface area contributed by atoms with Gasteiger partial charge in [-0.3, -0.25) is 9.69 Å². The molecule has 0 bridgehead atoms. The highest BCUT2D eigenvalue weighted by atomic mass is 19.1. The summed E-state index contributed by atoms with van der Waals surface area (Å²) in [6.07, 6.45) is 0.748. The summed E-state index contributed by atoms with van der Waals surface area (Å²) in [6, 6.07) is 20.3. The van der Waals surface area contributed by atoms with E-state index in [1.54, 1.807) is 71.5 Å². The summed E-state index contributed by atoms with van der Waals surface area (Å²) in [5, 5.41) is 2.85. The van der Waals surface area contributed by atoms with Crippen LogP contribution in [0.4, 0.5) is 20.6 Å². The molecule has 0 spiro atoms. The van der Waals surface area contributed by atoms with Gasteiger partial charge >= 0.3 is 6.03 Å². The molecule has 0 radical (unpaired) electrons. The Kier molecular flexibility index (Phi) is 6.35. The summed E-state index contributed by atoms with van der Waals surface area (Å²) in [4.78, 5) is 29.2. The lowest BCUT2D eigenvalue weighted by Crippen LogP contribution is -2.49. The van der Waals surface area contributed by atoms with Gasteiger partial charge in [0.25, 0.3) is 5.91 Å². The summed E-state index contributed by atoms with van der Waals surface area (Å²) >= 11 is 0. The minimum atomic E-state index is -0.326. The molecule has 1 saturated heterocycles. The van der Waals surface area contributed by atoms with Gasteiger partial charge < -0.3 is 15.0 Å². The Morgan fingerprint density at radius 2 is 1.81 bits per heavy atom. The van der Waals surface area contributed by atoms with Crippen molar-refractivity contribution in [1.29, 1.82) is 0 Å². The van der Waals surface area contributed by atoms with Gasteiger partial charge in [0.05, 0.1) is 19.3 Å². The standard InChI is InChI=1S/C25H24FN3O3/c1-32-23-13-5-4-12-22(23)27-24(30)18-9-6-10-20(16-18)29-15-7-14-28(25(29)31)17-19-8-2-3-11-21(19)26/h2-6,8-13,16H,7,14-15,17H2,1H3,(H,27,30). The Labute approximate surface area is 186 Å². The second-order valence-electron chi connectivity index (χ2n) is 7.51. The van der Waals surface area contributed by atoms with Gasteiger partial charge in [-0.05, 0) is 42.8 Å². The predicted octanol–water partition coefficient (Wildman–Crippen LogP) is 4.92. The van der Waals surface area contributed by atoms with Crippen molar-refractivity contribution in [3.8, 4) is 5.75 Å². The Bertz CT molecular complexity index is 1130. The van der Waals surface area contributed by atoms with Crippen LogP contribution in [0.5, 0.6) is 5.75 Å². The molecule has 0 unspecified atom stereocenters. The molecule has 4 rings (SSSR count). The minimum absolute atomic E-state index is 0.204. The first-order valence-corrected chi connectivity index (χ1v) is 10.4. The molecule has 164 valence electrons. The smallest absolute Gasteiger partial charge is 0.324 e. The Hall–Kier alpha value is -3.87. The third-order valence-corrected chi connectivity index (χ3v) is 5.41. The molecule has 1 fully saturated rings. The highest BCUT2D eigenvalue weighted by molar-refractivity contribution is 6.06. The van der Waals surface area contributed by atoms with Gasteiger partial charge in [-0.1, -0.05) is 36.4 Å². The van der Waals surface area contributed by atoms with Gasteiger partial charge in [0, 0.05) is 29.9 Å². The van der Waals surface area contributed by atoms with Crippen LogP contribution >= 0.6 is 0 Å². The van der Waals surface area contributed by atoms with Crippen LogP contribution in [-0.2, 0) is 6.54 Å². The molecule has 0 aromatic heterocycles. The summed E-state index contributed by atoms with van der Waals surface area (Å²) in [6.45, 7) is 1.29. The molecular formula is C25H24FN3O3. The van der Waals surface area contributed by atoms with Crippen molar-refractivity contribution in [2.75, 3.05) is 30.4 Å². The van der Waals surface area contributed by atoms with E-state index in [-0.39, 0.29) is 24.3 Å². The number of urea groups is 1. The number of nitrogens with one attached hydrogen (secondary N) is 1. The topological polar surface area (TPSA) is 61.9 Å². The molecule has 32 heavy (non-hydrogen) atoms. The van der Waals surface area contributed by atoms with E-state index in [2.05, 4.69) is 5.32 Å². The second-order valence-corrected chi connectivity index (χ2v) is 7.51. The molecule has 1 heterocycles. The number of carbonyl (C=O) groups excluding carboxylic acids is 2. The van der Waals surface area contributed by atoms with Gasteiger partial charge in [-0.25, -0.2) is 9.18 Å². The van der Waals surface area contributed by atoms with Crippen molar-refractivity contribution < 1.29 is 18.7 Å². The number of anilines is 2. The van der Waals surface area contributed by atoms with Gasteiger partial charge in [0.1, 0.15) is 11.6 Å². The number of benzene rings is 3. The van der Waals surface area contributed by atoms with Crippen LogP contribution < -0.4 is 15.0 Å². The fourth-order valence-electron chi connectivity index (χ4n) is 3.76. The van der Waals surface area contributed by atoms with E-state index in [0.717, 1.165) is 6.42 Å². The highest BCUT2D eigenvalue weighted by Gasteiger charge is 2.27. The quantitative estimate of drug-likeness (QED) is 0.600. The highest BCUT2D eigenvalue weighted by Crippen LogP contribution is 2.26. The summed E-state index contributed by atoms with van der Waals surface area (Å²) in [5.41, 5.74) is 2.09. The van der Waals surface area contributed by atoms with Crippen molar-refractivity contribution in [1.82, 2.24) is 4.90 Å². The van der Waals surface area contributed by atoms with E-state index in [0.29, 0.717) is 41.3 Å². The third kappa shape index (κ3) is 4.56. The molecule has 1 aliphatic heterocycles. The fraction of sp³-hybridized carbons (Fsp3) is 0.200. The van der Waals surface area contributed by atoms with E-state index in [4.69, 9.17) is 4.74 Å². The first-order valence-electron chi connectivity index (χ1n) is 10.4. The van der Waals surface area contributed by atoms with Crippen LogP contribution in [0.25, 0.3) is 0 Å². The maximum Gasteiger partial charge on any atom is 0.324 e. The molecule has 1 N–H and O–H groups in total. The van der Waals surface area contributed by atoms with Crippen molar-refractivity contribution in [2.45, 2.75) is 13.0 Å². The first-order chi connectivity index (χ1) is 15.6. The maximum absolute atomic E-state index is 14.1. The van der Waals surface area contributed by atoms with Crippen LogP contribution in [0.1, 0.15) is 22.3 Å². The van der Waals surface area contributed by atoms with E-state index >= 15 is 0 Å². The normalized spacial score (nSPS) is 13.8. The Balaban J connectivity index is 1.51. The van der Waals surface area contributed by atoms with Gasteiger partial charge in [-0.15, -0.1) is 0 Å². The molecule has 0 saturated carbocycles. The number of nitrogens with zero attached hydrogens (tertiary/aromatic N) is 2. The van der Waals surface area contributed by atoms with Crippen LogP contribution in [0.2, 0.25) is 0 Å². The molecule has 3 amide bonds. The van der Waals surface area contributed by atoms with E-state index in [1.807, 2.05) is 12.1 Å². The number of amides is 3. The van der Waals surface area contributed by atoms with Crippen LogP contribution in [0.3, 0.4) is 0 Å². The zero-order valence-electron chi connectivity index (χ0n) is 17.8. The number of rotatable bonds is 6. The summed E-state index contributed by atoms with van der Waals surface area (Å²) in [7, 11) is 1.54. The fourth-order valence-corrected chi connectivity index (χ4v) is 3.76. The summed E-state index contributed by atoms with van der Waals surface area (Å²) < 4.78 is 19.3. The van der Waals surface area contributed by atoms with E-state index < -0.39 is 0 Å². The molecule has 3 aromatic carbocycles. The van der Waals surface area contributed by atoms with Crippen LogP contribution in [0, 0.1) is 5.82 Å². The molecule has 1 aliphatic rings. The number of methoxy groups -OCH3 is 1. The SMILES string of the molecule is COc1ccccc1NC(=O)c1cccc(N2CCCN(Cc3ccccc3F)C2=O)c1. The molecule has 0 aliphatic carbocycles. The minimum Gasteiger partial charge on any atom is -0.495 e. The Morgan fingerprint density at radius 3 is 2.62 bits per heavy atom.